The van der Waals surface area contributed by atoms with E-state index in [9.17, 15) is 13.2 Å². The lowest BCUT2D eigenvalue weighted by Crippen LogP contribution is -2.48. The summed E-state index contributed by atoms with van der Waals surface area (Å²) in [7, 11) is -3.37. The molecule has 1 fully saturated rings. The van der Waals surface area contributed by atoms with Crippen molar-refractivity contribution in [1.29, 1.82) is 0 Å². The fourth-order valence-electron chi connectivity index (χ4n) is 1.95. The van der Waals surface area contributed by atoms with Gasteiger partial charge in [0, 0.05) is 6.54 Å². The molecule has 1 aliphatic heterocycles. The zero-order valence-electron chi connectivity index (χ0n) is 11.3. The van der Waals surface area contributed by atoms with Gasteiger partial charge in [0.25, 0.3) is 0 Å². The Balaban J connectivity index is 2.19. The van der Waals surface area contributed by atoms with Crippen LogP contribution in [0.4, 0.5) is 5.69 Å². The fraction of sp³-hybridized carbons (Fsp3) is 0.462. The Hall–Kier alpha value is -1.44. The van der Waals surface area contributed by atoms with E-state index in [0.29, 0.717) is 18.8 Å². The lowest BCUT2D eigenvalue weighted by molar-refractivity contribution is -0.120. The maximum atomic E-state index is 12.1. The third kappa shape index (κ3) is 3.36. The van der Waals surface area contributed by atoms with Gasteiger partial charge in [-0.3, -0.25) is 4.79 Å². The first-order valence-corrected chi connectivity index (χ1v) is 8.13. The number of nitrogens with one attached hydrogen (secondary N) is 2. The molecular weight excluding hydrogens is 280 g/mol. The molecule has 1 aromatic rings. The fourth-order valence-corrected chi connectivity index (χ4v) is 3.00. The van der Waals surface area contributed by atoms with E-state index in [1.165, 1.54) is 6.07 Å². The van der Waals surface area contributed by atoms with Gasteiger partial charge < -0.3 is 15.4 Å². The normalized spacial score (nSPS) is 19.6. The van der Waals surface area contributed by atoms with Gasteiger partial charge in [0.05, 0.1) is 29.5 Å². The second kappa shape index (κ2) is 6.34. The number of carbonyl (C=O) groups is 1. The van der Waals surface area contributed by atoms with Gasteiger partial charge in [-0.15, -0.1) is 0 Å². The molecule has 1 atom stereocenters. The molecule has 2 rings (SSSR count). The van der Waals surface area contributed by atoms with E-state index in [0.717, 1.165) is 0 Å². The number of ether oxygens (including phenoxy) is 1. The van der Waals surface area contributed by atoms with Crippen molar-refractivity contribution in [3.05, 3.63) is 24.3 Å². The average molecular weight is 298 g/mol. The second-order valence-electron chi connectivity index (χ2n) is 4.47. The maximum absolute atomic E-state index is 12.1. The van der Waals surface area contributed by atoms with Gasteiger partial charge in [0.2, 0.25) is 5.91 Å². The van der Waals surface area contributed by atoms with Crippen LogP contribution in [0.15, 0.2) is 29.2 Å². The number of para-hydroxylation sites is 1. The van der Waals surface area contributed by atoms with E-state index in [2.05, 4.69) is 10.6 Å². The van der Waals surface area contributed by atoms with Gasteiger partial charge in [-0.1, -0.05) is 19.1 Å². The van der Waals surface area contributed by atoms with E-state index in [-0.39, 0.29) is 23.2 Å². The Bertz CT molecular complexity index is 580. The summed E-state index contributed by atoms with van der Waals surface area (Å²) in [5, 5.41) is 5.68. The molecule has 7 heteroatoms. The van der Waals surface area contributed by atoms with Crippen LogP contribution < -0.4 is 10.6 Å². The Morgan fingerprint density at radius 2 is 2.20 bits per heavy atom. The molecule has 110 valence electrons. The van der Waals surface area contributed by atoms with Crippen molar-refractivity contribution in [2.45, 2.75) is 17.9 Å². The Labute approximate surface area is 118 Å². The highest BCUT2D eigenvalue weighted by atomic mass is 32.2. The Morgan fingerprint density at radius 3 is 2.85 bits per heavy atom. The molecule has 0 aliphatic carbocycles. The number of rotatable bonds is 4. The molecule has 0 bridgehead atoms. The van der Waals surface area contributed by atoms with Crippen LogP contribution in [0.25, 0.3) is 0 Å². The van der Waals surface area contributed by atoms with Crippen LogP contribution in [0, 0.1) is 0 Å². The van der Waals surface area contributed by atoms with Crippen LogP contribution in [0.3, 0.4) is 0 Å². The lowest BCUT2D eigenvalue weighted by atomic mass is 10.2. The molecule has 1 amide bonds. The Kier molecular flexibility index (Phi) is 4.74. The largest absolute Gasteiger partial charge is 0.378 e. The summed E-state index contributed by atoms with van der Waals surface area (Å²) in [6, 6.07) is 5.96. The molecule has 6 nitrogen and oxygen atoms in total. The van der Waals surface area contributed by atoms with Crippen LogP contribution in [0.2, 0.25) is 0 Å². The van der Waals surface area contributed by atoms with Crippen molar-refractivity contribution in [3.63, 3.8) is 0 Å². The summed E-state index contributed by atoms with van der Waals surface area (Å²) < 4.78 is 29.2. The smallest absolute Gasteiger partial charge is 0.243 e. The van der Waals surface area contributed by atoms with Gasteiger partial charge in [-0.25, -0.2) is 8.42 Å². The zero-order chi connectivity index (χ0) is 14.6. The molecule has 2 N–H and O–H groups in total. The van der Waals surface area contributed by atoms with E-state index >= 15 is 0 Å². The van der Waals surface area contributed by atoms with Crippen molar-refractivity contribution in [1.82, 2.24) is 5.32 Å². The van der Waals surface area contributed by atoms with Crippen LogP contribution in [0.5, 0.6) is 0 Å². The van der Waals surface area contributed by atoms with Crippen molar-refractivity contribution >= 4 is 21.4 Å². The third-order valence-corrected chi connectivity index (χ3v) is 4.88. The number of benzene rings is 1. The molecular formula is C13H18N2O4S. The molecule has 20 heavy (non-hydrogen) atoms. The highest BCUT2D eigenvalue weighted by molar-refractivity contribution is 7.91. The highest BCUT2D eigenvalue weighted by Crippen LogP contribution is 2.22. The monoisotopic (exact) mass is 298 g/mol. The van der Waals surface area contributed by atoms with Crippen molar-refractivity contribution < 1.29 is 17.9 Å². The van der Waals surface area contributed by atoms with Crippen LogP contribution in [0.1, 0.15) is 6.92 Å². The standard InChI is InChI=1S/C13H18N2O4S/c1-2-20(17,18)12-6-4-3-5-10(12)15-13(16)11-9-19-8-7-14-11/h3-6,11,14H,2,7-9H2,1H3,(H,15,16). The molecule has 1 aliphatic rings. The minimum absolute atomic E-state index is 0.00925. The lowest BCUT2D eigenvalue weighted by Gasteiger charge is -2.23. The number of hydrogen-bond acceptors (Lipinski definition) is 5. The summed E-state index contributed by atoms with van der Waals surface area (Å²) in [5.41, 5.74) is 0.312. The molecule has 0 saturated carbocycles. The topological polar surface area (TPSA) is 84.5 Å². The predicted octanol–water partition coefficient (Wildman–Crippen LogP) is 0.407. The van der Waals surface area contributed by atoms with Gasteiger partial charge in [0.1, 0.15) is 6.04 Å². The number of hydrogen-bond donors (Lipinski definition) is 2. The second-order valence-corrected chi connectivity index (χ2v) is 6.72. The average Bonchev–Trinajstić information content (AvgIpc) is 2.48. The van der Waals surface area contributed by atoms with E-state index in [1.807, 2.05) is 0 Å². The quantitative estimate of drug-likeness (QED) is 0.841. The molecule has 0 aromatic heterocycles. The first-order chi connectivity index (χ1) is 9.54. The van der Waals surface area contributed by atoms with E-state index in [4.69, 9.17) is 4.74 Å². The van der Waals surface area contributed by atoms with Crippen molar-refractivity contribution in [2.75, 3.05) is 30.8 Å². The zero-order valence-corrected chi connectivity index (χ0v) is 12.1. The van der Waals surface area contributed by atoms with Crippen LogP contribution >= 0.6 is 0 Å². The molecule has 1 aromatic carbocycles. The number of sulfone groups is 1. The minimum Gasteiger partial charge on any atom is -0.378 e. The number of amides is 1. The van der Waals surface area contributed by atoms with Crippen molar-refractivity contribution in [3.8, 4) is 0 Å². The predicted molar refractivity (Wildman–Crippen MR) is 75.4 cm³/mol. The van der Waals surface area contributed by atoms with E-state index < -0.39 is 15.9 Å². The summed E-state index contributed by atoms with van der Waals surface area (Å²) in [5.74, 6) is -0.298. The van der Waals surface area contributed by atoms with E-state index in [1.54, 1.807) is 25.1 Å². The SMILES string of the molecule is CCS(=O)(=O)c1ccccc1NC(=O)C1COCCN1. The maximum Gasteiger partial charge on any atom is 0.243 e. The summed E-state index contributed by atoms with van der Waals surface area (Å²) in [6.07, 6.45) is 0. The van der Waals surface area contributed by atoms with Gasteiger partial charge in [-0.05, 0) is 12.1 Å². The van der Waals surface area contributed by atoms with Gasteiger partial charge >= 0.3 is 0 Å². The third-order valence-electron chi connectivity index (χ3n) is 3.10. The first-order valence-electron chi connectivity index (χ1n) is 6.48. The van der Waals surface area contributed by atoms with Gasteiger partial charge in [-0.2, -0.15) is 0 Å². The molecule has 0 spiro atoms. The molecule has 0 radical (unpaired) electrons. The Morgan fingerprint density at radius 1 is 1.45 bits per heavy atom. The first kappa shape index (κ1) is 15.0. The number of anilines is 1. The summed E-state index contributed by atoms with van der Waals surface area (Å²) in [6.45, 7) is 3.04. The minimum atomic E-state index is -3.37. The summed E-state index contributed by atoms with van der Waals surface area (Å²) in [4.78, 5) is 12.2. The van der Waals surface area contributed by atoms with Crippen molar-refractivity contribution in [2.24, 2.45) is 0 Å². The highest BCUT2D eigenvalue weighted by Gasteiger charge is 2.23. The molecule has 1 saturated heterocycles. The summed E-state index contributed by atoms with van der Waals surface area (Å²) >= 11 is 0. The van der Waals surface area contributed by atoms with Gasteiger partial charge in [0.15, 0.2) is 9.84 Å². The van der Waals surface area contributed by atoms with Crippen LogP contribution in [-0.2, 0) is 19.4 Å². The van der Waals surface area contributed by atoms with Crippen LogP contribution in [-0.4, -0.2) is 45.9 Å². The number of morpholine rings is 1. The number of carbonyl (C=O) groups excluding carboxylic acids is 1. The molecule has 1 heterocycles. The molecule has 1 unspecified atom stereocenters.